The smallest absolute Gasteiger partial charge is 0.161 e. The maximum absolute atomic E-state index is 13.8. The zero-order valence-corrected chi connectivity index (χ0v) is 14.6. The van der Waals surface area contributed by atoms with E-state index in [1.165, 1.54) is 6.07 Å². The van der Waals surface area contributed by atoms with Gasteiger partial charge in [0.1, 0.15) is 11.6 Å². The summed E-state index contributed by atoms with van der Waals surface area (Å²) in [5.74, 6) is -1.51. The summed E-state index contributed by atoms with van der Waals surface area (Å²) < 4.78 is 35.1. The molecule has 136 valence electrons. The summed E-state index contributed by atoms with van der Waals surface area (Å²) in [6.45, 7) is 1.13. The fourth-order valence-electron chi connectivity index (χ4n) is 3.36. The van der Waals surface area contributed by atoms with Crippen LogP contribution in [0.5, 0.6) is 5.75 Å². The van der Waals surface area contributed by atoms with Crippen molar-refractivity contribution >= 4 is 22.6 Å². The molecule has 1 aliphatic rings. The minimum atomic E-state index is -0.956. The predicted octanol–water partition coefficient (Wildman–Crippen LogP) is 4.91. The van der Waals surface area contributed by atoms with Crippen molar-refractivity contribution in [3.8, 4) is 17.1 Å². The maximum Gasteiger partial charge on any atom is 0.161 e. The first-order valence-corrected chi connectivity index (χ1v) is 8.86. The highest BCUT2D eigenvalue weighted by molar-refractivity contribution is 6.30. The van der Waals surface area contributed by atoms with E-state index in [2.05, 4.69) is 4.98 Å². The predicted molar refractivity (Wildman–Crippen MR) is 95.4 cm³/mol. The molecule has 0 aliphatic carbocycles. The number of phenols is 1. The van der Waals surface area contributed by atoms with Crippen LogP contribution in [0.25, 0.3) is 22.4 Å². The first-order valence-electron chi connectivity index (χ1n) is 8.48. The van der Waals surface area contributed by atoms with Crippen LogP contribution < -0.4 is 0 Å². The molecule has 0 amide bonds. The van der Waals surface area contributed by atoms with Gasteiger partial charge in [-0.05, 0) is 37.5 Å². The molecule has 0 bridgehead atoms. The Morgan fingerprint density at radius 1 is 1.19 bits per heavy atom. The van der Waals surface area contributed by atoms with Crippen LogP contribution in [0.4, 0.5) is 8.78 Å². The van der Waals surface area contributed by atoms with Crippen LogP contribution in [0.2, 0.25) is 5.02 Å². The number of ether oxygens (including phenoxy) is 1. The zero-order valence-electron chi connectivity index (χ0n) is 13.9. The number of hydrogen-bond acceptors (Lipinski definition) is 3. The summed E-state index contributed by atoms with van der Waals surface area (Å²) in [4.78, 5) is 4.44. The van der Waals surface area contributed by atoms with Crippen molar-refractivity contribution in [1.82, 2.24) is 9.55 Å². The largest absolute Gasteiger partial charge is 0.507 e. The Kier molecular flexibility index (Phi) is 4.54. The molecule has 1 aromatic heterocycles. The van der Waals surface area contributed by atoms with E-state index in [9.17, 15) is 13.9 Å². The van der Waals surface area contributed by atoms with Gasteiger partial charge < -0.3 is 14.4 Å². The van der Waals surface area contributed by atoms with E-state index in [4.69, 9.17) is 16.3 Å². The number of benzene rings is 2. The van der Waals surface area contributed by atoms with Crippen LogP contribution >= 0.6 is 11.6 Å². The van der Waals surface area contributed by atoms with E-state index in [1.807, 2.05) is 0 Å². The molecule has 0 saturated carbocycles. The molecule has 1 N–H and O–H groups in total. The molecule has 7 heteroatoms. The molecular formula is C19H17ClF2N2O2. The molecule has 4 rings (SSSR count). The SMILES string of the molecule is Oc1cc(Cl)ccc1-c1nc2cc(F)c(F)cc2n1CC1CCCCO1. The van der Waals surface area contributed by atoms with Gasteiger partial charge in [0.15, 0.2) is 11.6 Å². The van der Waals surface area contributed by atoms with Gasteiger partial charge in [-0.1, -0.05) is 11.6 Å². The van der Waals surface area contributed by atoms with Crippen molar-refractivity contribution < 1.29 is 18.6 Å². The average molecular weight is 379 g/mol. The molecule has 26 heavy (non-hydrogen) atoms. The second-order valence-corrected chi connectivity index (χ2v) is 6.89. The van der Waals surface area contributed by atoms with Gasteiger partial charge in [-0.3, -0.25) is 0 Å². The first kappa shape index (κ1) is 17.2. The summed E-state index contributed by atoms with van der Waals surface area (Å²) in [5.41, 5.74) is 1.23. The molecule has 2 heterocycles. The topological polar surface area (TPSA) is 47.3 Å². The van der Waals surface area contributed by atoms with Crippen molar-refractivity contribution in [1.29, 1.82) is 0 Å². The quantitative estimate of drug-likeness (QED) is 0.704. The Labute approximate surface area is 154 Å². The Balaban J connectivity index is 1.88. The summed E-state index contributed by atoms with van der Waals surface area (Å²) in [5, 5.41) is 10.7. The van der Waals surface area contributed by atoms with Gasteiger partial charge in [0.05, 0.1) is 29.2 Å². The Bertz CT molecular complexity index is 968. The Morgan fingerprint density at radius 2 is 2.00 bits per heavy atom. The van der Waals surface area contributed by atoms with Gasteiger partial charge in [0, 0.05) is 23.8 Å². The Hall–Kier alpha value is -2.18. The van der Waals surface area contributed by atoms with Crippen LogP contribution in [0.3, 0.4) is 0 Å². The Morgan fingerprint density at radius 3 is 2.73 bits per heavy atom. The normalized spacial score (nSPS) is 17.7. The fourth-order valence-corrected chi connectivity index (χ4v) is 3.53. The molecule has 0 spiro atoms. The lowest BCUT2D eigenvalue weighted by molar-refractivity contribution is 0.00685. The monoisotopic (exact) mass is 378 g/mol. The third-order valence-electron chi connectivity index (χ3n) is 4.65. The molecule has 0 radical (unpaired) electrons. The number of aromatic hydroxyl groups is 1. The number of rotatable bonds is 3. The number of hydrogen-bond donors (Lipinski definition) is 1. The molecule has 1 atom stereocenters. The minimum absolute atomic E-state index is 0.0394. The second-order valence-electron chi connectivity index (χ2n) is 6.45. The zero-order chi connectivity index (χ0) is 18.3. The van der Waals surface area contributed by atoms with Crippen molar-refractivity contribution in [2.75, 3.05) is 6.61 Å². The van der Waals surface area contributed by atoms with Gasteiger partial charge in [0.25, 0.3) is 0 Å². The van der Waals surface area contributed by atoms with E-state index in [0.717, 1.165) is 31.4 Å². The van der Waals surface area contributed by atoms with Crippen molar-refractivity contribution in [2.45, 2.75) is 31.9 Å². The van der Waals surface area contributed by atoms with Gasteiger partial charge in [-0.2, -0.15) is 0 Å². The molecule has 1 fully saturated rings. The third-order valence-corrected chi connectivity index (χ3v) is 4.89. The van der Waals surface area contributed by atoms with Crippen molar-refractivity contribution in [2.24, 2.45) is 0 Å². The van der Waals surface area contributed by atoms with E-state index in [-0.39, 0.29) is 11.9 Å². The van der Waals surface area contributed by atoms with E-state index < -0.39 is 11.6 Å². The first-order chi connectivity index (χ1) is 12.5. The molecule has 1 unspecified atom stereocenters. The lowest BCUT2D eigenvalue weighted by Crippen LogP contribution is -2.24. The van der Waals surface area contributed by atoms with Crippen LogP contribution in [-0.2, 0) is 11.3 Å². The van der Waals surface area contributed by atoms with Crippen LogP contribution in [0, 0.1) is 11.6 Å². The summed E-state index contributed by atoms with van der Waals surface area (Å²) in [6.07, 6.45) is 2.92. The standard InChI is InChI=1S/C19H17ClF2N2O2/c20-11-4-5-13(18(25)7-11)19-23-16-8-14(21)15(22)9-17(16)24(19)10-12-3-1-2-6-26-12/h4-5,7-9,12,25H,1-3,6,10H2. The van der Waals surface area contributed by atoms with Gasteiger partial charge in [-0.15, -0.1) is 0 Å². The lowest BCUT2D eigenvalue weighted by atomic mass is 10.1. The van der Waals surface area contributed by atoms with Gasteiger partial charge in [0.2, 0.25) is 0 Å². The second kappa shape index (κ2) is 6.85. The van der Waals surface area contributed by atoms with E-state index >= 15 is 0 Å². The van der Waals surface area contributed by atoms with Gasteiger partial charge >= 0.3 is 0 Å². The van der Waals surface area contributed by atoms with Gasteiger partial charge in [-0.25, -0.2) is 13.8 Å². The summed E-state index contributed by atoms with van der Waals surface area (Å²) in [6, 6.07) is 6.90. The van der Waals surface area contributed by atoms with Crippen molar-refractivity contribution in [3.05, 3.63) is 47.0 Å². The molecule has 2 aromatic carbocycles. The average Bonchev–Trinajstić information content (AvgIpc) is 2.94. The summed E-state index contributed by atoms with van der Waals surface area (Å²) in [7, 11) is 0. The van der Waals surface area contributed by atoms with Crippen molar-refractivity contribution in [3.63, 3.8) is 0 Å². The highest BCUT2D eigenvalue weighted by atomic mass is 35.5. The number of fused-ring (bicyclic) bond motifs is 1. The summed E-state index contributed by atoms with van der Waals surface area (Å²) >= 11 is 5.91. The highest BCUT2D eigenvalue weighted by Gasteiger charge is 2.22. The number of halogens is 3. The van der Waals surface area contributed by atoms with Crippen LogP contribution in [0.1, 0.15) is 19.3 Å². The van der Waals surface area contributed by atoms with Crippen LogP contribution in [0.15, 0.2) is 30.3 Å². The highest BCUT2D eigenvalue weighted by Crippen LogP contribution is 2.34. The molecule has 1 saturated heterocycles. The third kappa shape index (κ3) is 3.15. The number of nitrogens with zero attached hydrogens (tertiary/aromatic N) is 2. The lowest BCUT2D eigenvalue weighted by Gasteiger charge is -2.24. The minimum Gasteiger partial charge on any atom is -0.507 e. The molecular weight excluding hydrogens is 362 g/mol. The fraction of sp³-hybridized carbons (Fsp3) is 0.316. The van der Waals surface area contributed by atoms with E-state index in [0.29, 0.717) is 40.6 Å². The molecule has 3 aromatic rings. The molecule has 1 aliphatic heterocycles. The maximum atomic E-state index is 13.8. The van der Waals surface area contributed by atoms with Crippen LogP contribution in [-0.4, -0.2) is 27.4 Å². The number of imidazole rings is 1. The number of phenolic OH excluding ortho intramolecular Hbond substituents is 1. The van der Waals surface area contributed by atoms with E-state index in [1.54, 1.807) is 16.7 Å². The molecule has 4 nitrogen and oxygen atoms in total. The number of aromatic nitrogens is 2.